The van der Waals surface area contributed by atoms with Crippen LogP contribution >= 0.6 is 0 Å². The van der Waals surface area contributed by atoms with Gasteiger partial charge in [-0.25, -0.2) is 13.9 Å². The van der Waals surface area contributed by atoms with Crippen LogP contribution in [0.4, 0.5) is 4.79 Å². The van der Waals surface area contributed by atoms with Gasteiger partial charge in [-0.3, -0.25) is 0 Å². The Kier molecular flexibility index (Phi) is 7.16. The minimum atomic E-state index is -0.431. The van der Waals surface area contributed by atoms with Crippen LogP contribution in [0, 0.1) is 0 Å². The fraction of sp³-hybridized carbons (Fsp3) is 0.619. The molecule has 1 saturated heterocycles. The predicted octanol–water partition coefficient (Wildman–Crippen LogP) is 1.09. The predicted molar refractivity (Wildman–Crippen MR) is 103 cm³/mol. The Morgan fingerprint density at radius 2 is 1.89 bits per heavy atom. The van der Waals surface area contributed by atoms with Gasteiger partial charge >= 0.3 is 6.09 Å². The van der Waals surface area contributed by atoms with E-state index < -0.39 is 5.60 Å². The average Bonchev–Trinajstić information content (AvgIpc) is 2.97. The summed E-state index contributed by atoms with van der Waals surface area (Å²) in [5, 5.41) is 0. The molecule has 0 N–H and O–H groups in total. The Morgan fingerprint density at radius 3 is 2.44 bits per heavy atom. The fourth-order valence-electron chi connectivity index (χ4n) is 3.79. The van der Waals surface area contributed by atoms with Crippen LogP contribution in [-0.4, -0.2) is 34.3 Å². The number of aryl methyl sites for hydroxylation is 2. The van der Waals surface area contributed by atoms with Crippen molar-refractivity contribution in [3.05, 3.63) is 30.1 Å². The first kappa shape index (κ1) is 22.0. The quantitative estimate of drug-likeness (QED) is 0.483. The topological polar surface area (TPSA) is 38.3 Å². The molecular weight excluding hydrogens is 453 g/mol. The number of likely N-dealkylation sites (tertiary alicyclic amines) is 1. The number of carbonyl (C=O) groups is 1. The van der Waals surface area contributed by atoms with Crippen molar-refractivity contribution in [2.75, 3.05) is 13.1 Å². The van der Waals surface area contributed by atoms with Crippen molar-refractivity contribution in [3.63, 3.8) is 0 Å². The van der Waals surface area contributed by atoms with Crippen LogP contribution in [0.3, 0.4) is 0 Å². The summed E-state index contributed by atoms with van der Waals surface area (Å²) in [5.41, 5.74) is 3.56. The number of hydrogen-bond acceptors (Lipinski definition) is 2. The highest BCUT2D eigenvalue weighted by Crippen LogP contribution is 2.30. The largest absolute Gasteiger partial charge is 1.00 e. The monoisotopic (exact) mass is 485 g/mol. The van der Waals surface area contributed by atoms with Gasteiger partial charge in [-0.05, 0) is 71.1 Å². The minimum Gasteiger partial charge on any atom is -1.00 e. The van der Waals surface area contributed by atoms with Gasteiger partial charge in [0.25, 0.3) is 0 Å². The van der Waals surface area contributed by atoms with E-state index in [0.717, 1.165) is 39.0 Å². The molecule has 1 aliphatic heterocycles. The van der Waals surface area contributed by atoms with Crippen LogP contribution in [-0.2, 0) is 17.8 Å². The number of piperidine rings is 1. The molecule has 6 heteroatoms. The van der Waals surface area contributed by atoms with E-state index in [0.29, 0.717) is 5.92 Å². The van der Waals surface area contributed by atoms with Crippen molar-refractivity contribution in [1.29, 1.82) is 0 Å². The second kappa shape index (κ2) is 8.80. The molecule has 0 saturated carbocycles. The van der Waals surface area contributed by atoms with Crippen LogP contribution < -0.4 is 28.5 Å². The van der Waals surface area contributed by atoms with Gasteiger partial charge in [0.1, 0.15) is 5.60 Å². The second-order valence-electron chi connectivity index (χ2n) is 8.18. The molecule has 1 amide bonds. The van der Waals surface area contributed by atoms with Gasteiger partial charge in [-0.2, -0.15) is 0 Å². The Morgan fingerprint density at radius 1 is 1.22 bits per heavy atom. The van der Waals surface area contributed by atoms with Gasteiger partial charge in [0.05, 0.1) is 13.1 Å². The zero-order valence-electron chi connectivity index (χ0n) is 17.2. The lowest BCUT2D eigenvalue weighted by atomic mass is 9.89. The number of ether oxygens (including phenoxy) is 1. The molecule has 5 nitrogen and oxygen atoms in total. The maximum atomic E-state index is 12.2. The minimum absolute atomic E-state index is 0. The van der Waals surface area contributed by atoms with E-state index in [1.165, 1.54) is 16.6 Å². The number of nitrogens with zero attached hydrogens (tertiary/aromatic N) is 3. The molecule has 2 heterocycles. The molecule has 27 heavy (non-hydrogen) atoms. The number of carbonyl (C=O) groups excluding carboxylic acids is 1. The van der Waals surface area contributed by atoms with Crippen molar-refractivity contribution in [3.8, 4) is 0 Å². The second-order valence-corrected chi connectivity index (χ2v) is 8.18. The molecule has 0 atom stereocenters. The third kappa shape index (κ3) is 4.95. The number of aromatic nitrogens is 2. The highest BCUT2D eigenvalue weighted by molar-refractivity contribution is 5.73. The number of halogens is 1. The van der Waals surface area contributed by atoms with Gasteiger partial charge in [-0.15, -0.1) is 0 Å². The molecular formula is C21H32IN3O2. The third-order valence-corrected chi connectivity index (χ3v) is 5.20. The van der Waals surface area contributed by atoms with E-state index in [2.05, 4.69) is 47.5 Å². The first-order chi connectivity index (χ1) is 12.3. The van der Waals surface area contributed by atoms with E-state index in [1.807, 2.05) is 25.7 Å². The lowest BCUT2D eigenvalue weighted by Crippen LogP contribution is -3.00. The summed E-state index contributed by atoms with van der Waals surface area (Å²) in [4.78, 5) is 14.1. The number of imidazole rings is 1. The van der Waals surface area contributed by atoms with Crippen LogP contribution in [0.2, 0.25) is 0 Å². The lowest BCUT2D eigenvalue weighted by molar-refractivity contribution is -0.668. The molecule has 3 rings (SSSR count). The van der Waals surface area contributed by atoms with E-state index in [-0.39, 0.29) is 30.1 Å². The molecule has 1 fully saturated rings. The summed E-state index contributed by atoms with van der Waals surface area (Å²) in [5.74, 6) is 0.508. The molecule has 1 aromatic carbocycles. The lowest BCUT2D eigenvalue weighted by Gasteiger charge is -2.33. The van der Waals surface area contributed by atoms with Gasteiger partial charge in [0, 0.05) is 13.1 Å². The Bertz CT molecular complexity index is 787. The zero-order valence-corrected chi connectivity index (χ0v) is 19.3. The first-order valence-corrected chi connectivity index (χ1v) is 9.82. The summed E-state index contributed by atoms with van der Waals surface area (Å²) in [7, 11) is 0. The summed E-state index contributed by atoms with van der Waals surface area (Å²) in [6.07, 6.45) is 4.01. The highest BCUT2D eigenvalue weighted by atomic mass is 127. The van der Waals surface area contributed by atoms with Crippen LogP contribution in [0.25, 0.3) is 11.0 Å². The number of rotatable bonds is 3. The molecule has 1 aromatic heterocycles. The summed E-state index contributed by atoms with van der Waals surface area (Å²) >= 11 is 0. The maximum absolute atomic E-state index is 12.2. The number of hydrogen-bond donors (Lipinski definition) is 0. The molecule has 0 aliphatic carbocycles. The molecule has 0 unspecified atom stereocenters. The Hall–Kier alpha value is -1.31. The van der Waals surface area contributed by atoms with Crippen molar-refractivity contribution in [1.82, 2.24) is 9.47 Å². The van der Waals surface area contributed by atoms with Crippen molar-refractivity contribution < 1.29 is 38.1 Å². The molecule has 0 bridgehead atoms. The van der Waals surface area contributed by atoms with Gasteiger partial charge in [-0.1, -0.05) is 6.07 Å². The van der Waals surface area contributed by atoms with Gasteiger partial charge < -0.3 is 33.6 Å². The van der Waals surface area contributed by atoms with Crippen molar-refractivity contribution in [2.24, 2.45) is 0 Å². The maximum Gasteiger partial charge on any atom is 0.410 e. The van der Waals surface area contributed by atoms with E-state index in [4.69, 9.17) is 4.74 Å². The third-order valence-electron chi connectivity index (χ3n) is 5.20. The molecule has 1 aliphatic rings. The van der Waals surface area contributed by atoms with E-state index in [1.54, 1.807) is 0 Å². The number of amides is 1. The smallest absolute Gasteiger partial charge is 0.410 e. The molecule has 150 valence electrons. The zero-order chi connectivity index (χ0) is 18.9. The van der Waals surface area contributed by atoms with Crippen LogP contribution in [0.15, 0.2) is 24.5 Å². The summed E-state index contributed by atoms with van der Waals surface area (Å²) in [6, 6.07) is 6.86. The Balaban J connectivity index is 0.00000261. The van der Waals surface area contributed by atoms with E-state index >= 15 is 0 Å². The molecule has 2 aromatic rings. The number of benzene rings is 1. The van der Waals surface area contributed by atoms with Crippen molar-refractivity contribution >= 4 is 17.1 Å². The van der Waals surface area contributed by atoms with Crippen molar-refractivity contribution in [2.45, 2.75) is 72.1 Å². The Labute approximate surface area is 179 Å². The van der Waals surface area contributed by atoms with Crippen LogP contribution in [0.5, 0.6) is 0 Å². The van der Waals surface area contributed by atoms with Gasteiger partial charge in [0.15, 0.2) is 11.0 Å². The molecule has 0 spiro atoms. The summed E-state index contributed by atoms with van der Waals surface area (Å²) in [6.45, 7) is 13.6. The number of fused-ring (bicyclic) bond motifs is 1. The highest BCUT2D eigenvalue weighted by Gasteiger charge is 2.28. The first-order valence-electron chi connectivity index (χ1n) is 9.82. The SMILES string of the molecule is CCn1c[n+](CC)c2ccc(C3CCN(C(=O)OC(C)(C)C)CC3)cc21.[I-]. The van der Waals surface area contributed by atoms with Crippen LogP contribution in [0.1, 0.15) is 58.9 Å². The average molecular weight is 485 g/mol. The van der Waals surface area contributed by atoms with E-state index in [9.17, 15) is 4.79 Å². The molecule has 0 radical (unpaired) electrons. The summed E-state index contributed by atoms with van der Waals surface area (Å²) < 4.78 is 10.1. The van der Waals surface area contributed by atoms with Gasteiger partial charge in [0.2, 0.25) is 6.33 Å². The normalized spacial score (nSPS) is 15.7. The fourth-order valence-corrected chi connectivity index (χ4v) is 3.79. The standard InChI is InChI=1S/C21H32N3O2.HI/c1-6-22-15-23(7-2)19-14-17(8-9-18(19)22)16-10-12-24(13-11-16)20(25)26-21(3,4)5;/h8-9,14-16H,6-7,10-13H2,1-5H3;1H/q+1;/p-1.